The molecule has 1 N–H and O–H groups in total. The summed E-state index contributed by atoms with van der Waals surface area (Å²) in [7, 11) is 0. The molecule has 3 nitrogen and oxygen atoms in total. The molecule has 2 aromatic rings. The third kappa shape index (κ3) is 3.78. The van der Waals surface area contributed by atoms with Gasteiger partial charge < -0.3 is 5.32 Å². The molecule has 0 atom stereocenters. The van der Waals surface area contributed by atoms with E-state index in [1.54, 1.807) is 11.3 Å². The molecular formula is C13H11BrN2OS. The molecule has 0 unspecified atom stereocenters. The smallest absolute Gasteiger partial charge is 0.221 e. The van der Waals surface area contributed by atoms with E-state index in [0.717, 1.165) is 20.0 Å². The first-order valence-corrected chi connectivity index (χ1v) is 6.91. The number of hydrogen-bond donors (Lipinski definition) is 1. The first kappa shape index (κ1) is 13.0. The Balaban J connectivity index is 2.06. The zero-order chi connectivity index (χ0) is 13.0. The summed E-state index contributed by atoms with van der Waals surface area (Å²) in [5.41, 5.74) is 1.63. The second-order valence-electron chi connectivity index (χ2n) is 3.63. The molecule has 0 aliphatic heterocycles. The lowest BCUT2D eigenvalue weighted by Gasteiger charge is -2.01. The van der Waals surface area contributed by atoms with Crippen molar-refractivity contribution in [3.63, 3.8) is 0 Å². The molecule has 18 heavy (non-hydrogen) atoms. The molecule has 0 spiro atoms. The van der Waals surface area contributed by atoms with E-state index >= 15 is 0 Å². The summed E-state index contributed by atoms with van der Waals surface area (Å²) in [5, 5.41) is 2.71. The summed E-state index contributed by atoms with van der Waals surface area (Å²) in [5.74, 6) is -0.0744. The van der Waals surface area contributed by atoms with Gasteiger partial charge in [-0.1, -0.05) is 0 Å². The average molecular weight is 323 g/mol. The maximum absolute atomic E-state index is 10.9. The predicted molar refractivity (Wildman–Crippen MR) is 80.0 cm³/mol. The van der Waals surface area contributed by atoms with Gasteiger partial charge in [0, 0.05) is 23.7 Å². The van der Waals surface area contributed by atoms with Gasteiger partial charge in [0.1, 0.15) is 0 Å². The monoisotopic (exact) mass is 322 g/mol. The molecule has 0 saturated carbocycles. The van der Waals surface area contributed by atoms with E-state index in [1.807, 2.05) is 42.6 Å². The summed E-state index contributed by atoms with van der Waals surface area (Å²) in [6, 6.07) is 11.4. The Morgan fingerprint density at radius 1 is 1.28 bits per heavy atom. The third-order valence-corrected chi connectivity index (χ3v) is 3.68. The fourth-order valence-corrected chi connectivity index (χ4v) is 2.67. The Morgan fingerprint density at radius 3 is 2.56 bits per heavy atom. The second-order valence-corrected chi connectivity index (χ2v) is 6.12. The lowest BCUT2D eigenvalue weighted by Crippen LogP contribution is -2.04. The van der Waals surface area contributed by atoms with Crippen LogP contribution in [0.25, 0.3) is 0 Å². The molecule has 0 aliphatic carbocycles. The number of carbonyl (C=O) groups is 1. The molecule has 1 aromatic heterocycles. The van der Waals surface area contributed by atoms with E-state index in [-0.39, 0.29) is 5.91 Å². The highest BCUT2D eigenvalue weighted by Gasteiger charge is 1.96. The first-order valence-electron chi connectivity index (χ1n) is 5.30. The van der Waals surface area contributed by atoms with Gasteiger partial charge in [0.05, 0.1) is 9.47 Å². The summed E-state index contributed by atoms with van der Waals surface area (Å²) in [6.45, 7) is 1.49. The van der Waals surface area contributed by atoms with Gasteiger partial charge in [-0.3, -0.25) is 9.79 Å². The number of halogens is 1. The number of rotatable bonds is 3. The quantitative estimate of drug-likeness (QED) is 0.844. The number of anilines is 1. The van der Waals surface area contributed by atoms with Gasteiger partial charge in [0.2, 0.25) is 5.91 Å². The van der Waals surface area contributed by atoms with Crippen LogP contribution in [-0.4, -0.2) is 12.1 Å². The lowest BCUT2D eigenvalue weighted by atomic mass is 10.3. The van der Waals surface area contributed by atoms with Gasteiger partial charge in [0.15, 0.2) is 0 Å². The molecule has 2 rings (SSSR count). The number of benzene rings is 1. The maximum Gasteiger partial charge on any atom is 0.221 e. The highest BCUT2D eigenvalue weighted by molar-refractivity contribution is 9.11. The number of nitrogens with one attached hydrogen (secondary N) is 1. The predicted octanol–water partition coefficient (Wildman–Crippen LogP) is 4.22. The van der Waals surface area contributed by atoms with Crippen molar-refractivity contribution in [3.05, 3.63) is 45.1 Å². The molecule has 0 saturated heterocycles. The maximum atomic E-state index is 10.9. The highest BCUT2D eigenvalue weighted by Crippen LogP contribution is 2.22. The molecule has 0 fully saturated rings. The summed E-state index contributed by atoms with van der Waals surface area (Å²) < 4.78 is 1.09. The summed E-state index contributed by atoms with van der Waals surface area (Å²) in [4.78, 5) is 16.3. The van der Waals surface area contributed by atoms with E-state index in [2.05, 4.69) is 26.2 Å². The van der Waals surface area contributed by atoms with Crippen LogP contribution in [0.15, 0.2) is 45.2 Å². The number of amides is 1. The van der Waals surface area contributed by atoms with Gasteiger partial charge in [-0.05, 0) is 52.3 Å². The number of carbonyl (C=O) groups excluding carboxylic acids is 1. The number of aliphatic imine (C=N–C) groups is 1. The van der Waals surface area contributed by atoms with Crippen LogP contribution < -0.4 is 5.32 Å². The molecule has 5 heteroatoms. The van der Waals surface area contributed by atoms with Crippen LogP contribution in [0.5, 0.6) is 0 Å². The van der Waals surface area contributed by atoms with E-state index in [4.69, 9.17) is 0 Å². The Bertz CT molecular complexity index is 575. The summed E-state index contributed by atoms with van der Waals surface area (Å²) >= 11 is 5.04. The topological polar surface area (TPSA) is 41.5 Å². The largest absolute Gasteiger partial charge is 0.326 e. The molecule has 92 valence electrons. The van der Waals surface area contributed by atoms with Crippen LogP contribution in [0.4, 0.5) is 11.4 Å². The SMILES string of the molecule is CC(=O)Nc1ccc(N=Cc2ccc(Br)s2)cc1. The standard InChI is InChI=1S/C13H11BrN2OS/c1-9(17)16-11-4-2-10(3-5-11)15-8-12-6-7-13(14)18-12/h2-8H,1H3,(H,16,17). The van der Waals surface area contributed by atoms with Crippen molar-refractivity contribution >= 4 is 50.8 Å². The number of nitrogens with zero attached hydrogens (tertiary/aromatic N) is 1. The zero-order valence-electron chi connectivity index (χ0n) is 9.68. The van der Waals surface area contributed by atoms with E-state index in [9.17, 15) is 4.79 Å². The van der Waals surface area contributed by atoms with E-state index < -0.39 is 0 Å². The van der Waals surface area contributed by atoms with Crippen molar-refractivity contribution in [2.45, 2.75) is 6.92 Å². The second kappa shape index (κ2) is 5.93. The van der Waals surface area contributed by atoms with Gasteiger partial charge in [-0.25, -0.2) is 0 Å². The number of thiophene rings is 1. The molecule has 1 amide bonds. The van der Waals surface area contributed by atoms with Gasteiger partial charge in [0.25, 0.3) is 0 Å². The van der Waals surface area contributed by atoms with Crippen LogP contribution in [0.1, 0.15) is 11.8 Å². The van der Waals surface area contributed by atoms with Crippen LogP contribution in [0.3, 0.4) is 0 Å². The Hall–Kier alpha value is -1.46. The van der Waals surface area contributed by atoms with Crippen molar-refractivity contribution in [1.82, 2.24) is 0 Å². The minimum absolute atomic E-state index is 0.0744. The Labute approximate surface area is 118 Å². The van der Waals surface area contributed by atoms with Gasteiger partial charge in [-0.2, -0.15) is 0 Å². The van der Waals surface area contributed by atoms with Crippen LogP contribution >= 0.6 is 27.3 Å². The summed E-state index contributed by atoms with van der Waals surface area (Å²) in [6.07, 6.45) is 1.82. The fourth-order valence-electron chi connectivity index (χ4n) is 1.37. The molecule has 1 aromatic carbocycles. The third-order valence-electron chi connectivity index (χ3n) is 2.12. The molecule has 0 aliphatic rings. The van der Waals surface area contributed by atoms with Crippen molar-refractivity contribution in [1.29, 1.82) is 0 Å². The normalized spacial score (nSPS) is 10.8. The van der Waals surface area contributed by atoms with E-state index in [0.29, 0.717) is 0 Å². The minimum atomic E-state index is -0.0744. The van der Waals surface area contributed by atoms with Crippen molar-refractivity contribution in [2.75, 3.05) is 5.32 Å². The Kier molecular flexibility index (Phi) is 4.28. The van der Waals surface area contributed by atoms with E-state index in [1.165, 1.54) is 6.92 Å². The van der Waals surface area contributed by atoms with Crippen molar-refractivity contribution in [2.24, 2.45) is 4.99 Å². The molecular weight excluding hydrogens is 312 g/mol. The van der Waals surface area contributed by atoms with Crippen LogP contribution in [-0.2, 0) is 4.79 Å². The molecule has 0 bridgehead atoms. The lowest BCUT2D eigenvalue weighted by molar-refractivity contribution is -0.114. The van der Waals surface area contributed by atoms with Crippen molar-refractivity contribution < 1.29 is 4.79 Å². The van der Waals surface area contributed by atoms with Crippen molar-refractivity contribution in [3.8, 4) is 0 Å². The van der Waals surface area contributed by atoms with Crippen LogP contribution in [0, 0.1) is 0 Å². The Morgan fingerprint density at radius 2 is 2.00 bits per heavy atom. The number of hydrogen-bond acceptors (Lipinski definition) is 3. The van der Waals surface area contributed by atoms with Gasteiger partial charge in [-0.15, -0.1) is 11.3 Å². The molecule has 0 radical (unpaired) electrons. The van der Waals surface area contributed by atoms with Gasteiger partial charge >= 0.3 is 0 Å². The average Bonchev–Trinajstić information content (AvgIpc) is 2.74. The first-order chi connectivity index (χ1) is 8.63. The fraction of sp³-hybridized carbons (Fsp3) is 0.0769. The highest BCUT2D eigenvalue weighted by atomic mass is 79.9. The zero-order valence-corrected chi connectivity index (χ0v) is 12.1. The van der Waals surface area contributed by atoms with Crippen LogP contribution in [0.2, 0.25) is 0 Å². The minimum Gasteiger partial charge on any atom is -0.326 e. The molecule has 1 heterocycles.